The molecule has 1 aliphatic rings. The van der Waals surface area contributed by atoms with Crippen LogP contribution in [0.4, 0.5) is 0 Å². The molecule has 1 aliphatic carbocycles. The molecule has 0 radical (unpaired) electrons. The largest absolute Gasteiger partial charge is 0.452 e. The summed E-state index contributed by atoms with van der Waals surface area (Å²) in [6, 6.07) is 1.94. The van der Waals surface area contributed by atoms with Crippen molar-refractivity contribution in [3.05, 3.63) is 16.5 Å². The van der Waals surface area contributed by atoms with Crippen molar-refractivity contribution in [3.8, 4) is 0 Å². The topological polar surface area (TPSA) is 62.6 Å². The normalized spacial score (nSPS) is 17.7. The van der Waals surface area contributed by atoms with Crippen LogP contribution >= 0.6 is 15.9 Å². The third-order valence-corrected chi connectivity index (χ3v) is 6.73. The molecule has 2 rings (SSSR count). The Bertz CT molecular complexity index is 593. The monoisotopic (exact) mass is 378 g/mol. The van der Waals surface area contributed by atoms with Crippen LogP contribution in [0.1, 0.15) is 39.4 Å². The zero-order valence-corrected chi connectivity index (χ0v) is 15.3. The van der Waals surface area contributed by atoms with Crippen molar-refractivity contribution >= 4 is 26.0 Å². The molecule has 0 saturated heterocycles. The average molecular weight is 379 g/mol. The van der Waals surface area contributed by atoms with Gasteiger partial charge in [0, 0.05) is 25.2 Å². The van der Waals surface area contributed by atoms with Gasteiger partial charge in [0.05, 0.1) is 6.54 Å². The molecule has 1 fully saturated rings. The number of nitrogens with zero attached hydrogens (tertiary/aromatic N) is 1. The first-order chi connectivity index (χ1) is 9.73. The first-order valence-electron chi connectivity index (χ1n) is 7.23. The summed E-state index contributed by atoms with van der Waals surface area (Å²) in [5, 5.41) is 3.21. The van der Waals surface area contributed by atoms with E-state index in [0.717, 1.165) is 12.8 Å². The van der Waals surface area contributed by atoms with Gasteiger partial charge < -0.3 is 9.73 Å². The molecule has 1 aromatic heterocycles. The average Bonchev–Trinajstić information content (AvgIpc) is 3.18. The molecule has 7 heteroatoms. The van der Waals surface area contributed by atoms with Crippen molar-refractivity contribution in [2.45, 2.75) is 57.1 Å². The van der Waals surface area contributed by atoms with E-state index in [-0.39, 0.29) is 15.6 Å². The molecule has 1 aromatic rings. The molecule has 0 spiro atoms. The van der Waals surface area contributed by atoms with Gasteiger partial charge in [0.2, 0.25) is 10.0 Å². The number of rotatable bonds is 7. The Morgan fingerprint density at radius 3 is 2.57 bits per heavy atom. The van der Waals surface area contributed by atoms with Gasteiger partial charge in [-0.2, -0.15) is 4.31 Å². The molecule has 1 saturated carbocycles. The zero-order chi connectivity index (χ0) is 15.8. The molecular weight excluding hydrogens is 356 g/mol. The third kappa shape index (κ3) is 3.88. The molecule has 0 aliphatic heterocycles. The number of hydrogen-bond donors (Lipinski definition) is 1. The third-order valence-electron chi connectivity index (χ3n) is 3.93. The zero-order valence-electron chi connectivity index (χ0n) is 12.9. The fourth-order valence-corrected chi connectivity index (χ4v) is 4.60. The van der Waals surface area contributed by atoms with Crippen LogP contribution in [0, 0.1) is 5.92 Å². The van der Waals surface area contributed by atoms with E-state index >= 15 is 0 Å². The molecule has 0 aromatic carbocycles. The van der Waals surface area contributed by atoms with Crippen molar-refractivity contribution in [1.82, 2.24) is 9.62 Å². The lowest BCUT2D eigenvalue weighted by Crippen LogP contribution is -2.36. The minimum absolute atomic E-state index is 0.0223. The van der Waals surface area contributed by atoms with E-state index in [4.69, 9.17) is 4.42 Å². The number of hydrogen-bond acceptors (Lipinski definition) is 4. The van der Waals surface area contributed by atoms with E-state index in [0.29, 0.717) is 24.3 Å². The Balaban J connectivity index is 2.19. The smallest absolute Gasteiger partial charge is 0.247 e. The van der Waals surface area contributed by atoms with E-state index in [9.17, 15) is 8.42 Å². The summed E-state index contributed by atoms with van der Waals surface area (Å²) < 4.78 is 32.6. The molecule has 1 atom stereocenters. The maximum Gasteiger partial charge on any atom is 0.247 e. The van der Waals surface area contributed by atoms with Crippen LogP contribution in [0.15, 0.2) is 20.0 Å². The lowest BCUT2D eigenvalue weighted by molar-refractivity contribution is 0.356. The maximum absolute atomic E-state index is 12.7. The summed E-state index contributed by atoms with van der Waals surface area (Å²) in [4.78, 5) is 0.207. The molecule has 5 nitrogen and oxygen atoms in total. The van der Waals surface area contributed by atoms with Gasteiger partial charge in [0.25, 0.3) is 0 Å². The number of sulfonamides is 1. The Morgan fingerprint density at radius 2 is 2.05 bits per heavy atom. The van der Waals surface area contributed by atoms with Gasteiger partial charge >= 0.3 is 0 Å². The van der Waals surface area contributed by atoms with Gasteiger partial charge in [-0.25, -0.2) is 8.42 Å². The van der Waals surface area contributed by atoms with Crippen molar-refractivity contribution in [2.24, 2.45) is 5.92 Å². The molecule has 1 unspecified atom stereocenters. The highest BCUT2D eigenvalue weighted by molar-refractivity contribution is 9.10. The van der Waals surface area contributed by atoms with Crippen LogP contribution in [0.2, 0.25) is 0 Å². The van der Waals surface area contributed by atoms with Gasteiger partial charge in [-0.15, -0.1) is 0 Å². The fourth-order valence-electron chi connectivity index (χ4n) is 2.22. The molecule has 21 heavy (non-hydrogen) atoms. The van der Waals surface area contributed by atoms with Gasteiger partial charge in [-0.05, 0) is 41.6 Å². The van der Waals surface area contributed by atoms with Crippen molar-refractivity contribution in [3.63, 3.8) is 0 Å². The highest BCUT2D eigenvalue weighted by Crippen LogP contribution is 2.37. The summed E-state index contributed by atoms with van der Waals surface area (Å²) in [5.41, 5.74) is 0. The molecule has 1 N–H and O–H groups in total. The molecule has 120 valence electrons. The number of halogens is 1. The number of furan rings is 1. The van der Waals surface area contributed by atoms with E-state index in [2.05, 4.69) is 21.2 Å². The highest BCUT2D eigenvalue weighted by Gasteiger charge is 2.37. The van der Waals surface area contributed by atoms with E-state index < -0.39 is 10.0 Å². The van der Waals surface area contributed by atoms with Crippen LogP contribution in [-0.2, 0) is 16.6 Å². The summed E-state index contributed by atoms with van der Waals surface area (Å²) in [7, 11) is -1.88. The van der Waals surface area contributed by atoms with Gasteiger partial charge in [-0.3, -0.25) is 0 Å². The van der Waals surface area contributed by atoms with Crippen molar-refractivity contribution < 1.29 is 12.8 Å². The van der Waals surface area contributed by atoms with E-state index in [1.165, 1.54) is 4.31 Å². The second-order valence-corrected chi connectivity index (χ2v) is 8.67. The van der Waals surface area contributed by atoms with Crippen LogP contribution in [0.3, 0.4) is 0 Å². The predicted octanol–water partition coefficient (Wildman–Crippen LogP) is 2.96. The van der Waals surface area contributed by atoms with Crippen molar-refractivity contribution in [2.75, 3.05) is 7.05 Å². The van der Waals surface area contributed by atoms with Crippen LogP contribution < -0.4 is 5.32 Å². The molecule has 0 bridgehead atoms. The van der Waals surface area contributed by atoms with Gasteiger partial charge in [-0.1, -0.05) is 13.8 Å². The summed E-state index contributed by atoms with van der Waals surface area (Å²) >= 11 is 3.23. The van der Waals surface area contributed by atoms with E-state index in [1.807, 2.05) is 20.8 Å². The first kappa shape index (κ1) is 17.0. The minimum atomic E-state index is -3.53. The van der Waals surface area contributed by atoms with Crippen LogP contribution in [0.5, 0.6) is 0 Å². The maximum atomic E-state index is 12.7. The highest BCUT2D eigenvalue weighted by atomic mass is 79.9. The second kappa shape index (κ2) is 6.40. The molecule has 0 amide bonds. The Kier molecular flexibility index (Phi) is 5.18. The van der Waals surface area contributed by atoms with Crippen LogP contribution in [0.25, 0.3) is 0 Å². The Morgan fingerprint density at radius 1 is 1.43 bits per heavy atom. The summed E-state index contributed by atoms with van der Waals surface area (Å²) in [5.74, 6) is 1.10. The predicted molar refractivity (Wildman–Crippen MR) is 85.5 cm³/mol. The summed E-state index contributed by atoms with van der Waals surface area (Å²) in [6.07, 6.45) is 2.22. The number of nitrogens with one attached hydrogen (secondary N) is 1. The first-order valence-corrected chi connectivity index (χ1v) is 9.46. The second-order valence-electron chi connectivity index (χ2n) is 5.99. The van der Waals surface area contributed by atoms with E-state index in [1.54, 1.807) is 13.1 Å². The Hall–Kier alpha value is -0.370. The lowest BCUT2D eigenvalue weighted by atomic mass is 10.2. The summed E-state index contributed by atoms with van der Waals surface area (Å²) in [6.45, 7) is 6.53. The van der Waals surface area contributed by atoms with Gasteiger partial charge in [0.1, 0.15) is 10.7 Å². The standard InChI is InChI=1S/C14H23BrN2O3S/c1-9(2)16-8-12-7-13(14(15)20-12)21(18,19)17(4)10(3)11-5-6-11/h7,9-11,16H,5-6,8H2,1-4H3. The van der Waals surface area contributed by atoms with Gasteiger partial charge in [0.15, 0.2) is 4.67 Å². The molecular formula is C14H23BrN2O3S. The quantitative estimate of drug-likeness (QED) is 0.791. The molecule has 1 heterocycles. The van der Waals surface area contributed by atoms with Crippen LogP contribution in [-0.4, -0.2) is 31.9 Å². The fraction of sp³-hybridized carbons (Fsp3) is 0.714. The SMILES string of the molecule is CC(C)NCc1cc(S(=O)(=O)N(C)C(C)C2CC2)c(Br)o1. The lowest BCUT2D eigenvalue weighted by Gasteiger charge is -2.23. The Labute approximate surface area is 135 Å². The minimum Gasteiger partial charge on any atom is -0.452 e. The van der Waals surface area contributed by atoms with Crippen molar-refractivity contribution in [1.29, 1.82) is 0 Å².